The van der Waals surface area contributed by atoms with Crippen LogP contribution in [0.25, 0.3) is 0 Å². The maximum atomic E-state index is 11.9. The lowest BCUT2D eigenvalue weighted by Crippen LogP contribution is -2.29. The molecule has 1 amide bonds. The molecular weight excluding hydrogens is 298 g/mol. The lowest BCUT2D eigenvalue weighted by Gasteiger charge is -2.16. The second-order valence-electron chi connectivity index (χ2n) is 5.04. The van der Waals surface area contributed by atoms with E-state index in [-0.39, 0.29) is 5.91 Å². The summed E-state index contributed by atoms with van der Waals surface area (Å²) < 4.78 is 4.89. The summed E-state index contributed by atoms with van der Waals surface area (Å²) in [4.78, 5) is 16.0. The molecule has 1 aromatic carbocycles. The van der Waals surface area contributed by atoms with Crippen LogP contribution in [0.1, 0.15) is 36.5 Å². The number of amides is 1. The first-order valence-corrected chi connectivity index (χ1v) is 8.53. The molecule has 1 unspecified atom stereocenters. The Morgan fingerprint density at radius 3 is 2.77 bits per heavy atom. The zero-order valence-electron chi connectivity index (χ0n) is 12.9. The summed E-state index contributed by atoms with van der Waals surface area (Å²) in [6.45, 7) is 4.56. The zero-order valence-corrected chi connectivity index (χ0v) is 13.7. The maximum Gasteiger partial charge on any atom is 0.230 e. The predicted molar refractivity (Wildman–Crippen MR) is 87.7 cm³/mol. The summed E-state index contributed by atoms with van der Waals surface area (Å²) in [6, 6.07) is 10.3. The van der Waals surface area contributed by atoms with Crippen molar-refractivity contribution in [1.82, 2.24) is 15.5 Å². The highest BCUT2D eigenvalue weighted by molar-refractivity contribution is 7.99. The molecule has 2 aromatic rings. The Bertz CT molecular complexity index is 586. The molecule has 0 spiro atoms. The molecule has 0 saturated heterocycles. The molecule has 0 aliphatic carbocycles. The van der Waals surface area contributed by atoms with Crippen molar-refractivity contribution in [2.45, 2.75) is 31.9 Å². The first-order valence-electron chi connectivity index (χ1n) is 7.37. The smallest absolute Gasteiger partial charge is 0.230 e. The molecule has 0 bridgehead atoms. The summed E-state index contributed by atoms with van der Waals surface area (Å²) in [5.41, 5.74) is 1.26. The number of hydrogen-bond donors (Lipinski definition) is 1. The fourth-order valence-corrected chi connectivity index (χ4v) is 2.84. The molecule has 0 radical (unpaired) electrons. The zero-order chi connectivity index (χ0) is 15.8. The standard InChI is InChI=1S/C16H21N3O2S/c1-3-13(14-7-5-4-6-8-14)9-17-16(20)11-22-10-15-18-12(2)21-19-15/h4-8,13H,3,9-11H2,1-2H3,(H,17,20). The van der Waals surface area contributed by atoms with Gasteiger partial charge in [-0.05, 0) is 12.0 Å². The molecule has 6 heteroatoms. The lowest BCUT2D eigenvalue weighted by atomic mass is 9.96. The average Bonchev–Trinajstić information content (AvgIpc) is 2.94. The third-order valence-corrected chi connectivity index (χ3v) is 4.27. The van der Waals surface area contributed by atoms with E-state index in [4.69, 9.17) is 4.52 Å². The van der Waals surface area contributed by atoms with E-state index in [2.05, 4.69) is 34.5 Å². The van der Waals surface area contributed by atoms with Crippen molar-refractivity contribution in [2.75, 3.05) is 12.3 Å². The molecule has 0 aliphatic rings. The van der Waals surface area contributed by atoms with Crippen molar-refractivity contribution in [3.8, 4) is 0 Å². The van der Waals surface area contributed by atoms with Crippen LogP contribution < -0.4 is 5.32 Å². The number of nitrogens with zero attached hydrogens (tertiary/aromatic N) is 2. The number of benzene rings is 1. The van der Waals surface area contributed by atoms with Gasteiger partial charge in [-0.25, -0.2) is 0 Å². The van der Waals surface area contributed by atoms with Gasteiger partial charge in [0.05, 0.1) is 11.5 Å². The number of thioether (sulfide) groups is 1. The predicted octanol–water partition coefficient (Wildman–Crippen LogP) is 2.92. The number of carbonyl (C=O) groups is 1. The van der Waals surface area contributed by atoms with Gasteiger partial charge in [0.15, 0.2) is 5.82 Å². The first-order chi connectivity index (χ1) is 10.7. The third-order valence-electron chi connectivity index (χ3n) is 3.34. The van der Waals surface area contributed by atoms with Crippen molar-refractivity contribution < 1.29 is 9.32 Å². The van der Waals surface area contributed by atoms with Crippen molar-refractivity contribution in [3.63, 3.8) is 0 Å². The summed E-state index contributed by atoms with van der Waals surface area (Å²) in [5.74, 6) is 2.56. The summed E-state index contributed by atoms with van der Waals surface area (Å²) in [6.07, 6.45) is 1.000. The van der Waals surface area contributed by atoms with Gasteiger partial charge in [0.25, 0.3) is 0 Å². The van der Waals surface area contributed by atoms with Gasteiger partial charge in [-0.15, -0.1) is 11.8 Å². The van der Waals surface area contributed by atoms with E-state index in [0.29, 0.717) is 35.7 Å². The normalized spacial score (nSPS) is 12.1. The summed E-state index contributed by atoms with van der Waals surface area (Å²) in [5, 5.41) is 6.80. The Hall–Kier alpha value is -1.82. The van der Waals surface area contributed by atoms with Gasteiger partial charge in [0.1, 0.15) is 0 Å². The second-order valence-corrected chi connectivity index (χ2v) is 6.03. The Morgan fingerprint density at radius 1 is 1.36 bits per heavy atom. The number of rotatable bonds is 8. The van der Waals surface area contributed by atoms with Crippen LogP contribution in [0.15, 0.2) is 34.9 Å². The highest BCUT2D eigenvalue weighted by Crippen LogP contribution is 2.18. The first kappa shape index (κ1) is 16.5. The van der Waals surface area contributed by atoms with Crippen molar-refractivity contribution in [2.24, 2.45) is 0 Å². The number of hydrogen-bond acceptors (Lipinski definition) is 5. The van der Waals surface area contributed by atoms with Gasteiger partial charge in [-0.1, -0.05) is 42.4 Å². The highest BCUT2D eigenvalue weighted by atomic mass is 32.2. The molecule has 22 heavy (non-hydrogen) atoms. The van der Waals surface area contributed by atoms with Crippen LogP contribution in [0.3, 0.4) is 0 Å². The fraction of sp³-hybridized carbons (Fsp3) is 0.438. The molecule has 5 nitrogen and oxygen atoms in total. The molecule has 118 valence electrons. The number of nitrogens with one attached hydrogen (secondary N) is 1. The molecule has 2 rings (SSSR count). The van der Waals surface area contributed by atoms with Gasteiger partial charge < -0.3 is 9.84 Å². The molecule has 0 saturated carbocycles. The number of aromatic nitrogens is 2. The van der Waals surface area contributed by atoms with Crippen LogP contribution in [0, 0.1) is 6.92 Å². The van der Waals surface area contributed by atoms with E-state index in [1.807, 2.05) is 18.2 Å². The molecule has 1 aromatic heterocycles. The second kappa shape index (κ2) is 8.58. The molecule has 1 N–H and O–H groups in total. The maximum absolute atomic E-state index is 11.9. The molecule has 0 aliphatic heterocycles. The monoisotopic (exact) mass is 319 g/mol. The fourth-order valence-electron chi connectivity index (χ4n) is 2.15. The summed E-state index contributed by atoms with van der Waals surface area (Å²) in [7, 11) is 0. The Balaban J connectivity index is 1.70. The van der Waals surface area contributed by atoms with E-state index < -0.39 is 0 Å². The van der Waals surface area contributed by atoms with Gasteiger partial charge in [0, 0.05) is 19.4 Å². The van der Waals surface area contributed by atoms with E-state index in [1.165, 1.54) is 17.3 Å². The van der Waals surface area contributed by atoms with Crippen molar-refractivity contribution in [3.05, 3.63) is 47.6 Å². The quantitative estimate of drug-likeness (QED) is 0.810. The minimum absolute atomic E-state index is 0.0413. The topological polar surface area (TPSA) is 68.0 Å². The largest absolute Gasteiger partial charge is 0.355 e. The van der Waals surface area contributed by atoms with Crippen LogP contribution in [-0.4, -0.2) is 28.3 Å². The average molecular weight is 319 g/mol. The number of carbonyl (C=O) groups excluding carboxylic acids is 1. The Kier molecular flexibility index (Phi) is 6.45. The number of aryl methyl sites for hydroxylation is 1. The third kappa shape index (κ3) is 5.18. The van der Waals surface area contributed by atoms with E-state index in [0.717, 1.165) is 6.42 Å². The van der Waals surface area contributed by atoms with Gasteiger partial charge in [-0.3, -0.25) is 4.79 Å². The van der Waals surface area contributed by atoms with Crippen molar-refractivity contribution in [1.29, 1.82) is 0 Å². The minimum atomic E-state index is 0.0413. The van der Waals surface area contributed by atoms with E-state index >= 15 is 0 Å². The van der Waals surface area contributed by atoms with Crippen LogP contribution in [0.4, 0.5) is 0 Å². The van der Waals surface area contributed by atoms with Gasteiger partial charge >= 0.3 is 0 Å². The molecule has 1 atom stereocenters. The van der Waals surface area contributed by atoms with Gasteiger partial charge in [0.2, 0.25) is 11.8 Å². The van der Waals surface area contributed by atoms with Crippen molar-refractivity contribution >= 4 is 17.7 Å². The van der Waals surface area contributed by atoms with Gasteiger partial charge in [-0.2, -0.15) is 4.98 Å². The molecular formula is C16H21N3O2S. The Labute approximate surface area is 134 Å². The van der Waals surface area contributed by atoms with Crippen LogP contribution in [0.5, 0.6) is 0 Å². The SMILES string of the molecule is CCC(CNC(=O)CSCc1noc(C)n1)c1ccccc1. The van der Waals surface area contributed by atoms with E-state index in [9.17, 15) is 4.79 Å². The molecule has 1 heterocycles. The van der Waals surface area contributed by atoms with Crippen LogP contribution in [0.2, 0.25) is 0 Å². The van der Waals surface area contributed by atoms with Crippen LogP contribution >= 0.6 is 11.8 Å². The lowest BCUT2D eigenvalue weighted by molar-refractivity contribution is -0.118. The van der Waals surface area contributed by atoms with E-state index in [1.54, 1.807) is 6.92 Å². The highest BCUT2D eigenvalue weighted by Gasteiger charge is 2.11. The Morgan fingerprint density at radius 2 is 2.14 bits per heavy atom. The van der Waals surface area contributed by atoms with Crippen LogP contribution in [-0.2, 0) is 10.5 Å². The summed E-state index contributed by atoms with van der Waals surface area (Å²) >= 11 is 1.49. The molecule has 0 fully saturated rings. The minimum Gasteiger partial charge on any atom is -0.355 e.